The van der Waals surface area contributed by atoms with Gasteiger partial charge in [0.25, 0.3) is 0 Å². The van der Waals surface area contributed by atoms with Gasteiger partial charge in [-0.3, -0.25) is 0 Å². The molecule has 1 aromatic rings. The summed E-state index contributed by atoms with van der Waals surface area (Å²) < 4.78 is 0. The van der Waals surface area contributed by atoms with Gasteiger partial charge >= 0.3 is 0 Å². The van der Waals surface area contributed by atoms with Crippen LogP contribution in [0.1, 0.15) is 13.3 Å². The highest BCUT2D eigenvalue weighted by atomic mass is 35.5. The Morgan fingerprint density at radius 1 is 1.71 bits per heavy atom. The molecule has 0 aliphatic heterocycles. The van der Waals surface area contributed by atoms with E-state index >= 15 is 0 Å². The number of nitrogens with zero attached hydrogens (tertiary/aromatic N) is 2. The molecular formula is C8H12ClN3OS. The Hall–Kier alpha value is -0.520. The third-order valence-corrected chi connectivity index (χ3v) is 3.14. The van der Waals surface area contributed by atoms with E-state index in [0.29, 0.717) is 16.5 Å². The van der Waals surface area contributed by atoms with Crippen molar-refractivity contribution in [2.75, 3.05) is 12.3 Å². The average Bonchev–Trinajstić information content (AvgIpc) is 2.12. The van der Waals surface area contributed by atoms with Gasteiger partial charge in [-0.05, 0) is 6.42 Å². The molecule has 0 aliphatic rings. The van der Waals surface area contributed by atoms with Gasteiger partial charge in [-0.1, -0.05) is 18.5 Å². The van der Waals surface area contributed by atoms with E-state index in [1.54, 1.807) is 0 Å². The molecule has 0 aromatic carbocycles. The lowest BCUT2D eigenvalue weighted by Crippen LogP contribution is -2.02. The van der Waals surface area contributed by atoms with Crippen molar-refractivity contribution in [3.8, 4) is 0 Å². The van der Waals surface area contributed by atoms with Crippen molar-refractivity contribution in [1.29, 1.82) is 0 Å². The van der Waals surface area contributed by atoms with Gasteiger partial charge in [0.2, 0.25) is 5.95 Å². The molecule has 1 heterocycles. The van der Waals surface area contributed by atoms with Crippen LogP contribution in [0.4, 0.5) is 5.95 Å². The summed E-state index contributed by atoms with van der Waals surface area (Å²) in [6, 6.07) is 0. The molecule has 78 valence electrons. The van der Waals surface area contributed by atoms with Crippen molar-refractivity contribution < 1.29 is 5.11 Å². The third-order valence-electron chi connectivity index (χ3n) is 1.58. The maximum atomic E-state index is 8.73. The molecule has 0 fully saturated rings. The molecular weight excluding hydrogens is 222 g/mol. The van der Waals surface area contributed by atoms with Crippen molar-refractivity contribution in [2.45, 2.75) is 23.6 Å². The topological polar surface area (TPSA) is 72.0 Å². The van der Waals surface area contributed by atoms with Crippen LogP contribution < -0.4 is 5.73 Å². The van der Waals surface area contributed by atoms with Crippen LogP contribution in [0.3, 0.4) is 0 Å². The molecule has 0 radical (unpaired) electrons. The van der Waals surface area contributed by atoms with Crippen molar-refractivity contribution in [2.24, 2.45) is 0 Å². The Bertz CT molecular complexity index is 311. The number of anilines is 1. The Morgan fingerprint density at radius 2 is 2.43 bits per heavy atom. The van der Waals surface area contributed by atoms with Crippen LogP contribution in [-0.4, -0.2) is 26.9 Å². The number of rotatable bonds is 4. The smallest absolute Gasteiger partial charge is 0.221 e. The number of aliphatic hydroxyl groups is 1. The molecule has 1 aromatic heterocycles. The molecule has 0 bridgehead atoms. The number of hydrogen-bond donors (Lipinski definition) is 2. The zero-order valence-electron chi connectivity index (χ0n) is 7.77. The Kier molecular flexibility index (Phi) is 4.44. The quantitative estimate of drug-likeness (QED) is 0.610. The first-order valence-corrected chi connectivity index (χ1v) is 5.44. The lowest BCUT2D eigenvalue weighted by molar-refractivity contribution is 0.289. The first-order chi connectivity index (χ1) is 6.63. The third kappa shape index (κ3) is 3.32. The van der Waals surface area contributed by atoms with Gasteiger partial charge in [0.05, 0.1) is 11.2 Å². The van der Waals surface area contributed by atoms with Gasteiger partial charge in [0, 0.05) is 11.9 Å². The summed E-state index contributed by atoms with van der Waals surface area (Å²) in [5.41, 5.74) is 5.43. The minimum atomic E-state index is 0.159. The first-order valence-electron chi connectivity index (χ1n) is 4.19. The summed E-state index contributed by atoms with van der Waals surface area (Å²) in [5, 5.41) is 10.2. The number of nitrogens with two attached hydrogens (primary N) is 1. The van der Waals surface area contributed by atoms with Crippen LogP contribution in [0, 0.1) is 0 Å². The second-order valence-corrected chi connectivity index (χ2v) is 4.66. The van der Waals surface area contributed by atoms with Crippen molar-refractivity contribution in [3.63, 3.8) is 0 Å². The minimum Gasteiger partial charge on any atom is -0.396 e. The van der Waals surface area contributed by atoms with E-state index in [4.69, 9.17) is 22.4 Å². The van der Waals surface area contributed by atoms with Gasteiger partial charge < -0.3 is 10.8 Å². The Morgan fingerprint density at radius 3 is 3.07 bits per heavy atom. The van der Waals surface area contributed by atoms with Crippen LogP contribution in [-0.2, 0) is 0 Å². The van der Waals surface area contributed by atoms with Crippen molar-refractivity contribution in [3.05, 3.63) is 11.2 Å². The largest absolute Gasteiger partial charge is 0.396 e. The lowest BCUT2D eigenvalue weighted by Gasteiger charge is -2.09. The molecule has 0 saturated carbocycles. The molecule has 0 saturated heterocycles. The van der Waals surface area contributed by atoms with Crippen molar-refractivity contribution in [1.82, 2.24) is 9.97 Å². The number of aromatic nitrogens is 2. The average molecular weight is 234 g/mol. The zero-order valence-corrected chi connectivity index (χ0v) is 9.35. The van der Waals surface area contributed by atoms with E-state index in [1.165, 1.54) is 18.0 Å². The van der Waals surface area contributed by atoms with Gasteiger partial charge in [0.1, 0.15) is 5.03 Å². The fourth-order valence-electron chi connectivity index (χ4n) is 0.878. The first kappa shape index (κ1) is 11.6. The van der Waals surface area contributed by atoms with Gasteiger partial charge in [-0.15, -0.1) is 11.8 Å². The number of halogens is 1. The molecule has 0 amide bonds. The maximum absolute atomic E-state index is 8.73. The Labute approximate surface area is 91.9 Å². The summed E-state index contributed by atoms with van der Waals surface area (Å²) in [7, 11) is 0. The van der Waals surface area contributed by atoms with E-state index in [1.807, 2.05) is 6.92 Å². The summed E-state index contributed by atoms with van der Waals surface area (Å²) in [6.45, 7) is 2.15. The fraction of sp³-hybridized carbons (Fsp3) is 0.500. The number of nitrogen functional groups attached to an aromatic ring is 1. The summed E-state index contributed by atoms with van der Waals surface area (Å²) >= 11 is 7.36. The second-order valence-electron chi connectivity index (χ2n) is 2.82. The minimum absolute atomic E-state index is 0.159. The molecule has 14 heavy (non-hydrogen) atoms. The summed E-state index contributed by atoms with van der Waals surface area (Å²) in [4.78, 5) is 7.78. The predicted octanol–water partition coefficient (Wildman–Crippen LogP) is 1.58. The molecule has 6 heteroatoms. The fourth-order valence-corrected chi connectivity index (χ4v) is 2.02. The molecule has 1 rings (SSSR count). The predicted molar refractivity (Wildman–Crippen MR) is 58.5 cm³/mol. The standard InChI is InChI=1S/C8H12ClN3OS/c1-5(2-3-13)14-7-6(9)4-11-8(10)12-7/h4-5,13H,2-3H2,1H3,(H2,10,11,12). The molecule has 1 atom stereocenters. The van der Waals surface area contributed by atoms with Crippen LogP contribution >= 0.6 is 23.4 Å². The maximum Gasteiger partial charge on any atom is 0.221 e. The molecule has 4 nitrogen and oxygen atoms in total. The zero-order chi connectivity index (χ0) is 10.6. The van der Waals surface area contributed by atoms with Gasteiger partial charge in [0.15, 0.2) is 0 Å². The van der Waals surface area contributed by atoms with Crippen LogP contribution in [0.25, 0.3) is 0 Å². The molecule has 1 unspecified atom stereocenters. The molecule has 3 N–H and O–H groups in total. The SMILES string of the molecule is CC(CCO)Sc1nc(N)ncc1Cl. The van der Waals surface area contributed by atoms with Crippen LogP contribution in [0.2, 0.25) is 5.02 Å². The lowest BCUT2D eigenvalue weighted by atomic mass is 10.3. The van der Waals surface area contributed by atoms with Gasteiger partial charge in [-0.25, -0.2) is 9.97 Å². The number of hydrogen-bond acceptors (Lipinski definition) is 5. The Balaban J connectivity index is 2.70. The summed E-state index contributed by atoms with van der Waals surface area (Å²) in [5.74, 6) is 0.216. The number of aliphatic hydroxyl groups excluding tert-OH is 1. The van der Waals surface area contributed by atoms with E-state index in [2.05, 4.69) is 9.97 Å². The van der Waals surface area contributed by atoms with E-state index in [9.17, 15) is 0 Å². The monoisotopic (exact) mass is 233 g/mol. The van der Waals surface area contributed by atoms with Gasteiger partial charge in [-0.2, -0.15) is 0 Å². The van der Waals surface area contributed by atoms with E-state index < -0.39 is 0 Å². The van der Waals surface area contributed by atoms with Crippen LogP contribution in [0.15, 0.2) is 11.2 Å². The van der Waals surface area contributed by atoms with E-state index in [0.717, 1.165) is 0 Å². The highest BCUT2D eigenvalue weighted by Crippen LogP contribution is 2.29. The summed E-state index contributed by atoms with van der Waals surface area (Å²) in [6.07, 6.45) is 2.18. The molecule has 0 aliphatic carbocycles. The highest BCUT2D eigenvalue weighted by molar-refractivity contribution is 7.99. The van der Waals surface area contributed by atoms with Crippen LogP contribution in [0.5, 0.6) is 0 Å². The normalized spacial score (nSPS) is 12.8. The highest BCUT2D eigenvalue weighted by Gasteiger charge is 2.09. The second kappa shape index (κ2) is 5.38. The number of thioether (sulfide) groups is 1. The molecule has 0 spiro atoms. The van der Waals surface area contributed by atoms with E-state index in [-0.39, 0.29) is 17.8 Å². The van der Waals surface area contributed by atoms with Crippen molar-refractivity contribution >= 4 is 29.3 Å².